The maximum atomic E-state index is 12.0. The molecule has 0 bridgehead atoms. The first-order chi connectivity index (χ1) is 13.1. The van der Waals surface area contributed by atoms with Gasteiger partial charge in [0.2, 0.25) is 0 Å². The number of aryl methyl sites for hydroxylation is 1. The summed E-state index contributed by atoms with van der Waals surface area (Å²) < 4.78 is 5.42. The summed E-state index contributed by atoms with van der Waals surface area (Å²) in [4.78, 5) is 16.4. The van der Waals surface area contributed by atoms with Gasteiger partial charge in [0.05, 0.1) is 11.9 Å². The number of benzene rings is 2. The lowest BCUT2D eigenvalue weighted by Crippen LogP contribution is -2.20. The van der Waals surface area contributed by atoms with Crippen LogP contribution in [-0.2, 0) is 11.2 Å². The Morgan fingerprint density at radius 1 is 1.07 bits per heavy atom. The lowest BCUT2D eigenvalue weighted by atomic mass is 10.1. The van der Waals surface area contributed by atoms with Crippen LogP contribution in [-0.4, -0.2) is 17.5 Å². The molecule has 138 valence electrons. The van der Waals surface area contributed by atoms with Gasteiger partial charge >= 0.3 is 0 Å². The molecule has 1 amide bonds. The molecule has 0 atom stereocenters. The minimum atomic E-state index is -0.260. The van der Waals surface area contributed by atoms with Gasteiger partial charge in [-0.05, 0) is 54.4 Å². The number of anilines is 3. The van der Waals surface area contributed by atoms with Crippen molar-refractivity contribution in [3.63, 3.8) is 0 Å². The van der Waals surface area contributed by atoms with Crippen molar-refractivity contribution in [2.24, 2.45) is 0 Å². The van der Waals surface area contributed by atoms with Crippen molar-refractivity contribution >= 4 is 34.7 Å². The zero-order valence-corrected chi connectivity index (χ0v) is 15.7. The van der Waals surface area contributed by atoms with Crippen molar-refractivity contribution in [3.8, 4) is 5.75 Å². The van der Waals surface area contributed by atoms with E-state index in [-0.39, 0.29) is 12.5 Å². The second kappa shape index (κ2) is 9.05. The maximum Gasteiger partial charge on any atom is 0.262 e. The molecule has 3 aromatic rings. The number of hydrogen-bond acceptors (Lipinski definition) is 4. The van der Waals surface area contributed by atoms with E-state index in [4.69, 9.17) is 16.3 Å². The van der Waals surface area contributed by atoms with Gasteiger partial charge in [0, 0.05) is 10.7 Å². The standard InChI is InChI=1S/C21H20ClN3O2/c1-2-15-5-3-4-6-19(15)25-20-12-9-17(13-23-20)24-21(26)14-27-18-10-7-16(22)8-11-18/h3-13H,2,14H2,1H3,(H,23,25)(H,24,26). The van der Waals surface area contributed by atoms with Gasteiger partial charge in [-0.15, -0.1) is 0 Å². The molecule has 0 aliphatic rings. The van der Waals surface area contributed by atoms with Crippen LogP contribution in [0.25, 0.3) is 0 Å². The third-order valence-electron chi connectivity index (χ3n) is 3.89. The minimum Gasteiger partial charge on any atom is -0.484 e. The van der Waals surface area contributed by atoms with Crippen molar-refractivity contribution in [1.82, 2.24) is 4.98 Å². The van der Waals surface area contributed by atoms with Crippen LogP contribution in [0.2, 0.25) is 5.02 Å². The van der Waals surface area contributed by atoms with Crippen molar-refractivity contribution < 1.29 is 9.53 Å². The molecule has 5 nitrogen and oxygen atoms in total. The number of nitrogens with zero attached hydrogens (tertiary/aromatic N) is 1. The number of nitrogens with one attached hydrogen (secondary N) is 2. The number of halogens is 1. The van der Waals surface area contributed by atoms with Gasteiger partial charge in [0.1, 0.15) is 11.6 Å². The first kappa shape index (κ1) is 18.7. The van der Waals surface area contributed by atoms with Gasteiger partial charge in [-0.2, -0.15) is 0 Å². The highest BCUT2D eigenvalue weighted by atomic mass is 35.5. The molecule has 0 radical (unpaired) electrons. The van der Waals surface area contributed by atoms with E-state index >= 15 is 0 Å². The van der Waals surface area contributed by atoms with E-state index in [0.29, 0.717) is 22.3 Å². The van der Waals surface area contributed by atoms with E-state index in [2.05, 4.69) is 28.6 Å². The minimum absolute atomic E-state index is 0.0918. The molecule has 0 saturated carbocycles. The number of carbonyl (C=O) groups excluding carboxylic acids is 1. The van der Waals surface area contributed by atoms with Crippen LogP contribution in [0.1, 0.15) is 12.5 Å². The fraction of sp³-hybridized carbons (Fsp3) is 0.143. The Morgan fingerprint density at radius 2 is 1.85 bits per heavy atom. The Hall–Kier alpha value is -3.05. The molecule has 0 aliphatic carbocycles. The first-order valence-electron chi connectivity index (χ1n) is 8.63. The summed E-state index contributed by atoms with van der Waals surface area (Å²) in [5.41, 5.74) is 2.85. The Morgan fingerprint density at radius 3 is 2.56 bits per heavy atom. The molecule has 2 aromatic carbocycles. The predicted molar refractivity (Wildman–Crippen MR) is 109 cm³/mol. The molecular weight excluding hydrogens is 362 g/mol. The highest BCUT2D eigenvalue weighted by molar-refractivity contribution is 6.30. The molecule has 3 rings (SSSR count). The van der Waals surface area contributed by atoms with E-state index in [0.717, 1.165) is 12.1 Å². The molecule has 6 heteroatoms. The Labute approximate surface area is 163 Å². The summed E-state index contributed by atoms with van der Waals surface area (Å²) in [6, 6.07) is 18.6. The Kier molecular flexibility index (Phi) is 6.28. The number of aromatic nitrogens is 1. The molecule has 0 fully saturated rings. The van der Waals surface area contributed by atoms with E-state index in [1.54, 1.807) is 36.5 Å². The topological polar surface area (TPSA) is 63.2 Å². The fourth-order valence-electron chi connectivity index (χ4n) is 2.51. The third-order valence-corrected chi connectivity index (χ3v) is 4.14. The Balaban J connectivity index is 1.54. The smallest absolute Gasteiger partial charge is 0.262 e. The Bertz CT molecular complexity index is 896. The number of ether oxygens (including phenoxy) is 1. The van der Waals surface area contributed by atoms with Gasteiger partial charge in [-0.1, -0.05) is 36.7 Å². The summed E-state index contributed by atoms with van der Waals surface area (Å²) in [6.07, 6.45) is 2.54. The number of hydrogen-bond donors (Lipinski definition) is 2. The molecule has 0 unspecified atom stereocenters. The number of pyridine rings is 1. The molecular formula is C21H20ClN3O2. The average molecular weight is 382 g/mol. The molecule has 0 spiro atoms. The van der Waals surface area contributed by atoms with Crippen molar-refractivity contribution in [2.75, 3.05) is 17.2 Å². The zero-order valence-electron chi connectivity index (χ0n) is 14.9. The average Bonchev–Trinajstić information content (AvgIpc) is 2.69. The molecule has 0 aliphatic heterocycles. The summed E-state index contributed by atoms with van der Waals surface area (Å²) >= 11 is 5.82. The van der Waals surface area contributed by atoms with Gasteiger partial charge in [-0.3, -0.25) is 4.79 Å². The summed E-state index contributed by atoms with van der Waals surface area (Å²) in [5.74, 6) is 1.04. The number of para-hydroxylation sites is 1. The van der Waals surface area contributed by atoms with E-state index in [9.17, 15) is 4.79 Å². The largest absolute Gasteiger partial charge is 0.484 e. The predicted octanol–water partition coefficient (Wildman–Crippen LogP) is 5.06. The second-order valence-electron chi connectivity index (χ2n) is 5.86. The quantitative estimate of drug-likeness (QED) is 0.600. The van der Waals surface area contributed by atoms with E-state index in [1.807, 2.05) is 24.3 Å². The van der Waals surface area contributed by atoms with Crippen molar-refractivity contribution in [3.05, 3.63) is 77.4 Å². The number of amides is 1. The normalized spacial score (nSPS) is 10.3. The fourth-order valence-corrected chi connectivity index (χ4v) is 2.63. The maximum absolute atomic E-state index is 12.0. The number of rotatable bonds is 7. The van der Waals surface area contributed by atoms with E-state index in [1.165, 1.54) is 5.56 Å². The lowest BCUT2D eigenvalue weighted by Gasteiger charge is -2.11. The molecule has 1 aromatic heterocycles. The van der Waals surface area contributed by atoms with Crippen molar-refractivity contribution in [2.45, 2.75) is 13.3 Å². The highest BCUT2D eigenvalue weighted by Crippen LogP contribution is 2.21. The lowest BCUT2D eigenvalue weighted by molar-refractivity contribution is -0.118. The highest BCUT2D eigenvalue weighted by Gasteiger charge is 2.06. The van der Waals surface area contributed by atoms with Gasteiger partial charge < -0.3 is 15.4 Å². The third kappa shape index (κ3) is 5.46. The van der Waals surface area contributed by atoms with Crippen LogP contribution in [0.3, 0.4) is 0 Å². The first-order valence-corrected chi connectivity index (χ1v) is 9.01. The SMILES string of the molecule is CCc1ccccc1Nc1ccc(NC(=O)COc2ccc(Cl)cc2)cn1. The molecule has 2 N–H and O–H groups in total. The van der Waals surface area contributed by atoms with Crippen LogP contribution >= 0.6 is 11.6 Å². The van der Waals surface area contributed by atoms with Crippen LogP contribution in [0.15, 0.2) is 66.9 Å². The second-order valence-corrected chi connectivity index (χ2v) is 6.30. The van der Waals surface area contributed by atoms with Crippen LogP contribution in [0, 0.1) is 0 Å². The zero-order chi connectivity index (χ0) is 19.1. The summed E-state index contributed by atoms with van der Waals surface area (Å²) in [5, 5.41) is 6.67. The van der Waals surface area contributed by atoms with Gasteiger partial charge in [0.25, 0.3) is 5.91 Å². The van der Waals surface area contributed by atoms with Crippen LogP contribution in [0.5, 0.6) is 5.75 Å². The van der Waals surface area contributed by atoms with E-state index < -0.39 is 0 Å². The molecule has 0 saturated heterocycles. The number of carbonyl (C=O) groups is 1. The van der Waals surface area contributed by atoms with Crippen LogP contribution in [0.4, 0.5) is 17.2 Å². The summed E-state index contributed by atoms with van der Waals surface area (Å²) in [7, 11) is 0. The molecule has 27 heavy (non-hydrogen) atoms. The van der Waals surface area contributed by atoms with Crippen LogP contribution < -0.4 is 15.4 Å². The van der Waals surface area contributed by atoms with Gasteiger partial charge in [0.15, 0.2) is 6.61 Å². The monoisotopic (exact) mass is 381 g/mol. The summed E-state index contributed by atoms with van der Waals surface area (Å²) in [6.45, 7) is 2.02. The van der Waals surface area contributed by atoms with Crippen molar-refractivity contribution in [1.29, 1.82) is 0 Å². The van der Waals surface area contributed by atoms with Gasteiger partial charge in [-0.25, -0.2) is 4.98 Å². The molecule has 1 heterocycles.